The number of nitrogens with one attached hydrogen (secondary N) is 2. The standard InChI is InChI=1S/C19H21FN6O3S2/c1-11-16(12(2)23-22-11)31(28,29)26-8-6-13(7-9-26)18-24-25-19(30-18)17(27)21-15-5-3-4-14(20)10-15/h3-5,10,13H,6-9H2,1-2H3,(H,21,27)(H,22,23). The molecule has 31 heavy (non-hydrogen) atoms. The zero-order valence-corrected chi connectivity index (χ0v) is 18.6. The molecule has 1 amide bonds. The summed E-state index contributed by atoms with van der Waals surface area (Å²) in [5, 5.41) is 18.3. The zero-order chi connectivity index (χ0) is 22.2. The average Bonchev–Trinajstić information content (AvgIpc) is 3.35. The van der Waals surface area contributed by atoms with Crippen LogP contribution in [0.2, 0.25) is 0 Å². The third-order valence-electron chi connectivity index (χ3n) is 5.18. The molecule has 0 unspecified atom stereocenters. The molecule has 9 nitrogen and oxygen atoms in total. The fraction of sp³-hybridized carbons (Fsp3) is 0.368. The van der Waals surface area contributed by atoms with Gasteiger partial charge in [0.25, 0.3) is 5.91 Å². The summed E-state index contributed by atoms with van der Waals surface area (Å²) < 4.78 is 40.7. The maximum atomic E-state index is 13.3. The lowest BCUT2D eigenvalue weighted by Gasteiger charge is -2.30. The van der Waals surface area contributed by atoms with Gasteiger partial charge in [-0.2, -0.15) is 9.40 Å². The van der Waals surface area contributed by atoms with Crippen molar-refractivity contribution >= 4 is 33.0 Å². The molecule has 12 heteroatoms. The third-order valence-corrected chi connectivity index (χ3v) is 8.43. The van der Waals surface area contributed by atoms with E-state index in [1.165, 1.54) is 33.8 Å². The normalized spacial score (nSPS) is 15.8. The topological polar surface area (TPSA) is 121 Å². The van der Waals surface area contributed by atoms with Gasteiger partial charge in [-0.1, -0.05) is 17.4 Å². The average molecular weight is 465 g/mol. The predicted molar refractivity (Wildman–Crippen MR) is 113 cm³/mol. The number of anilines is 1. The van der Waals surface area contributed by atoms with E-state index in [4.69, 9.17) is 0 Å². The highest BCUT2D eigenvalue weighted by Gasteiger charge is 2.34. The summed E-state index contributed by atoms with van der Waals surface area (Å²) in [5.74, 6) is -0.884. The summed E-state index contributed by atoms with van der Waals surface area (Å²) in [6, 6.07) is 5.60. The van der Waals surface area contributed by atoms with E-state index in [0.29, 0.717) is 48.0 Å². The molecule has 2 aromatic heterocycles. The summed E-state index contributed by atoms with van der Waals surface area (Å²) in [7, 11) is -3.62. The van der Waals surface area contributed by atoms with Gasteiger partial charge in [0, 0.05) is 24.7 Å². The van der Waals surface area contributed by atoms with Crippen molar-refractivity contribution in [3.05, 3.63) is 51.5 Å². The molecule has 0 spiro atoms. The van der Waals surface area contributed by atoms with Crippen LogP contribution in [0.3, 0.4) is 0 Å². The van der Waals surface area contributed by atoms with Gasteiger partial charge in [-0.3, -0.25) is 9.89 Å². The summed E-state index contributed by atoms with van der Waals surface area (Å²) in [6.07, 6.45) is 1.16. The van der Waals surface area contributed by atoms with Crippen molar-refractivity contribution in [2.75, 3.05) is 18.4 Å². The number of aromatic nitrogens is 4. The monoisotopic (exact) mass is 464 g/mol. The highest BCUT2D eigenvalue weighted by atomic mass is 32.2. The van der Waals surface area contributed by atoms with Crippen LogP contribution < -0.4 is 5.32 Å². The molecular formula is C19H21FN6O3S2. The van der Waals surface area contributed by atoms with Crippen molar-refractivity contribution in [2.45, 2.75) is 37.5 Å². The highest BCUT2D eigenvalue weighted by molar-refractivity contribution is 7.89. The number of aryl methyl sites for hydroxylation is 2. The van der Waals surface area contributed by atoms with Gasteiger partial charge in [-0.25, -0.2) is 12.8 Å². The summed E-state index contributed by atoms with van der Waals surface area (Å²) in [6.45, 7) is 4.06. The van der Waals surface area contributed by atoms with Gasteiger partial charge in [0.05, 0.1) is 11.4 Å². The van der Waals surface area contributed by atoms with Gasteiger partial charge in [-0.15, -0.1) is 10.2 Å². The molecule has 3 heterocycles. The Labute approximate surface area is 182 Å². The van der Waals surface area contributed by atoms with Crippen molar-refractivity contribution < 1.29 is 17.6 Å². The Morgan fingerprint density at radius 3 is 2.65 bits per heavy atom. The molecule has 1 aromatic carbocycles. The molecule has 1 saturated heterocycles. The minimum atomic E-state index is -3.62. The number of nitrogens with zero attached hydrogens (tertiary/aromatic N) is 4. The number of hydrogen-bond donors (Lipinski definition) is 2. The second-order valence-electron chi connectivity index (χ2n) is 7.35. The lowest BCUT2D eigenvalue weighted by Crippen LogP contribution is -2.38. The first-order valence-electron chi connectivity index (χ1n) is 9.67. The number of halogens is 1. The highest BCUT2D eigenvalue weighted by Crippen LogP contribution is 2.33. The van der Waals surface area contributed by atoms with Crippen LogP contribution in [-0.2, 0) is 10.0 Å². The molecule has 1 aliphatic heterocycles. The second-order valence-corrected chi connectivity index (χ2v) is 10.2. The first-order chi connectivity index (χ1) is 14.8. The molecule has 1 fully saturated rings. The maximum Gasteiger partial charge on any atom is 0.286 e. The molecule has 0 radical (unpaired) electrons. The van der Waals surface area contributed by atoms with Crippen molar-refractivity contribution in [2.24, 2.45) is 0 Å². The minimum Gasteiger partial charge on any atom is -0.320 e. The van der Waals surface area contributed by atoms with Gasteiger partial charge in [-0.05, 0) is 44.9 Å². The quantitative estimate of drug-likeness (QED) is 0.599. The van der Waals surface area contributed by atoms with Gasteiger partial charge >= 0.3 is 0 Å². The van der Waals surface area contributed by atoms with Gasteiger partial charge in [0.15, 0.2) is 0 Å². The first kappa shape index (κ1) is 21.5. The van der Waals surface area contributed by atoms with Crippen LogP contribution >= 0.6 is 11.3 Å². The number of carbonyl (C=O) groups excluding carboxylic acids is 1. The third kappa shape index (κ3) is 4.36. The van der Waals surface area contributed by atoms with E-state index >= 15 is 0 Å². The Morgan fingerprint density at radius 2 is 2.00 bits per heavy atom. The molecule has 0 aliphatic carbocycles. The van der Waals surface area contributed by atoms with Crippen LogP contribution in [0.4, 0.5) is 10.1 Å². The number of H-pyrrole nitrogens is 1. The van der Waals surface area contributed by atoms with Crippen molar-refractivity contribution in [1.82, 2.24) is 24.7 Å². The number of amides is 1. The summed E-state index contributed by atoms with van der Waals surface area (Å²) in [4.78, 5) is 12.6. The van der Waals surface area contributed by atoms with Crippen LogP contribution in [0.1, 0.15) is 45.0 Å². The Bertz CT molecular complexity index is 1200. The number of benzene rings is 1. The van der Waals surface area contributed by atoms with Crippen LogP contribution in [-0.4, -0.2) is 52.1 Å². The van der Waals surface area contributed by atoms with E-state index in [1.807, 2.05) is 0 Å². The van der Waals surface area contributed by atoms with Crippen LogP contribution in [0.25, 0.3) is 0 Å². The number of rotatable bonds is 5. The van der Waals surface area contributed by atoms with E-state index in [0.717, 1.165) is 0 Å². The lowest BCUT2D eigenvalue weighted by atomic mass is 9.99. The molecule has 2 N–H and O–H groups in total. The number of aromatic amines is 1. The van der Waals surface area contributed by atoms with Crippen LogP contribution in [0.15, 0.2) is 29.2 Å². The maximum absolute atomic E-state index is 13.3. The van der Waals surface area contributed by atoms with E-state index in [1.54, 1.807) is 19.9 Å². The number of hydrogen-bond acceptors (Lipinski definition) is 7. The second kappa shape index (κ2) is 8.44. The smallest absolute Gasteiger partial charge is 0.286 e. The lowest BCUT2D eigenvalue weighted by molar-refractivity contribution is 0.102. The van der Waals surface area contributed by atoms with E-state index in [-0.39, 0.29) is 15.8 Å². The Morgan fingerprint density at radius 1 is 1.26 bits per heavy atom. The zero-order valence-electron chi connectivity index (χ0n) is 16.9. The molecule has 164 valence electrons. The van der Waals surface area contributed by atoms with E-state index in [2.05, 4.69) is 25.7 Å². The van der Waals surface area contributed by atoms with Crippen LogP contribution in [0, 0.1) is 19.7 Å². The Hall–Kier alpha value is -2.70. The largest absolute Gasteiger partial charge is 0.320 e. The molecular weight excluding hydrogens is 443 g/mol. The van der Waals surface area contributed by atoms with Gasteiger partial charge < -0.3 is 5.32 Å². The van der Waals surface area contributed by atoms with Crippen LogP contribution in [0.5, 0.6) is 0 Å². The fourth-order valence-corrected chi connectivity index (χ4v) is 6.34. The molecule has 4 rings (SSSR count). The Kier molecular flexibility index (Phi) is 5.86. The molecule has 1 aliphatic rings. The minimum absolute atomic E-state index is 0.0196. The number of sulfonamides is 1. The molecule has 0 bridgehead atoms. The van der Waals surface area contributed by atoms with Crippen molar-refractivity contribution in [3.63, 3.8) is 0 Å². The van der Waals surface area contributed by atoms with Gasteiger partial charge in [0.1, 0.15) is 15.7 Å². The fourth-order valence-electron chi connectivity index (χ4n) is 3.64. The molecule has 0 atom stereocenters. The van der Waals surface area contributed by atoms with Crippen molar-refractivity contribution in [3.8, 4) is 0 Å². The van der Waals surface area contributed by atoms with E-state index in [9.17, 15) is 17.6 Å². The SMILES string of the molecule is Cc1n[nH]c(C)c1S(=O)(=O)N1CCC(c2nnc(C(=O)Nc3cccc(F)c3)s2)CC1. The number of carbonyl (C=O) groups is 1. The predicted octanol–water partition coefficient (Wildman–Crippen LogP) is 2.84. The van der Waals surface area contributed by atoms with E-state index < -0.39 is 21.7 Å². The molecule has 0 saturated carbocycles. The van der Waals surface area contributed by atoms with Gasteiger partial charge in [0.2, 0.25) is 15.0 Å². The summed E-state index contributed by atoms with van der Waals surface area (Å²) in [5.41, 5.74) is 1.32. The first-order valence-corrected chi connectivity index (χ1v) is 11.9. The Balaban J connectivity index is 1.41. The van der Waals surface area contributed by atoms with Crippen molar-refractivity contribution in [1.29, 1.82) is 0 Å². The molecule has 3 aromatic rings. The number of piperidine rings is 1. The summed E-state index contributed by atoms with van der Waals surface area (Å²) >= 11 is 1.17.